The van der Waals surface area contributed by atoms with Crippen molar-refractivity contribution in [2.75, 3.05) is 14.2 Å². The molecule has 4 aromatic rings. The Morgan fingerprint density at radius 3 is 2.21 bits per heavy atom. The van der Waals surface area contributed by atoms with Gasteiger partial charge < -0.3 is 9.47 Å². The van der Waals surface area contributed by atoms with E-state index >= 15 is 0 Å². The summed E-state index contributed by atoms with van der Waals surface area (Å²) in [5.41, 5.74) is 1.73. The molecule has 1 heterocycles. The van der Waals surface area contributed by atoms with Gasteiger partial charge in [0.25, 0.3) is 11.2 Å². The van der Waals surface area contributed by atoms with Gasteiger partial charge >= 0.3 is 11.9 Å². The van der Waals surface area contributed by atoms with Crippen LogP contribution in [0.1, 0.15) is 33.2 Å². The SMILES string of the molecule is COC(=O)c1ccc(C(=O)OC)c(N=C(C)c2c(-c3ccccc3)[nH]n(-c3ccc([N+](=O)[O-])cc3)c2=O)c1. The molecular weight excluding hydrogens is 492 g/mol. The van der Waals surface area contributed by atoms with Crippen LogP contribution in [0.25, 0.3) is 16.9 Å². The third-order valence-electron chi connectivity index (χ3n) is 5.75. The number of carbonyl (C=O) groups excluding carboxylic acids is 2. The Hall–Kier alpha value is -5.32. The number of aromatic amines is 1. The van der Waals surface area contributed by atoms with Crippen molar-refractivity contribution in [1.29, 1.82) is 0 Å². The molecule has 0 amide bonds. The zero-order chi connectivity index (χ0) is 27.4. The van der Waals surface area contributed by atoms with E-state index in [9.17, 15) is 24.5 Å². The van der Waals surface area contributed by atoms with E-state index in [1.54, 1.807) is 19.1 Å². The highest BCUT2D eigenvalue weighted by Crippen LogP contribution is 2.27. The number of nitrogens with one attached hydrogen (secondary N) is 1. The molecule has 11 nitrogen and oxygen atoms in total. The normalized spacial score (nSPS) is 11.2. The molecule has 38 heavy (non-hydrogen) atoms. The van der Waals surface area contributed by atoms with Crippen LogP contribution in [0.3, 0.4) is 0 Å². The van der Waals surface area contributed by atoms with Crippen LogP contribution < -0.4 is 5.56 Å². The maximum Gasteiger partial charge on any atom is 0.340 e. The first kappa shape index (κ1) is 25.8. The number of benzene rings is 3. The predicted octanol–water partition coefficient (Wildman–Crippen LogP) is 4.45. The van der Waals surface area contributed by atoms with Gasteiger partial charge in [-0.2, -0.15) is 0 Å². The number of esters is 2. The van der Waals surface area contributed by atoms with Gasteiger partial charge in [0.2, 0.25) is 0 Å². The van der Waals surface area contributed by atoms with Crippen molar-refractivity contribution in [3.63, 3.8) is 0 Å². The summed E-state index contributed by atoms with van der Waals surface area (Å²) in [5.74, 6) is -1.30. The lowest BCUT2D eigenvalue weighted by Gasteiger charge is -2.08. The molecule has 0 saturated carbocycles. The summed E-state index contributed by atoms with van der Waals surface area (Å²) in [6.45, 7) is 1.60. The molecule has 0 aliphatic carbocycles. The fraction of sp³-hybridized carbons (Fsp3) is 0.111. The number of methoxy groups -OCH3 is 2. The van der Waals surface area contributed by atoms with Crippen LogP contribution in [0.15, 0.2) is 82.6 Å². The van der Waals surface area contributed by atoms with E-state index in [0.29, 0.717) is 16.9 Å². The number of nitro benzene ring substituents is 1. The maximum atomic E-state index is 13.7. The molecule has 4 rings (SSSR count). The average Bonchev–Trinajstić information content (AvgIpc) is 3.29. The smallest absolute Gasteiger partial charge is 0.340 e. The van der Waals surface area contributed by atoms with Gasteiger partial charge in [-0.15, -0.1) is 0 Å². The van der Waals surface area contributed by atoms with Gasteiger partial charge in [-0.25, -0.2) is 14.3 Å². The molecule has 0 bridgehead atoms. The van der Waals surface area contributed by atoms with Crippen molar-refractivity contribution in [3.8, 4) is 16.9 Å². The molecule has 192 valence electrons. The van der Waals surface area contributed by atoms with Gasteiger partial charge in [-0.1, -0.05) is 30.3 Å². The summed E-state index contributed by atoms with van der Waals surface area (Å²) in [5, 5.41) is 14.1. The van der Waals surface area contributed by atoms with E-state index in [1.807, 2.05) is 18.2 Å². The lowest BCUT2D eigenvalue weighted by atomic mass is 10.0. The number of carbonyl (C=O) groups is 2. The summed E-state index contributed by atoms with van der Waals surface area (Å²) in [4.78, 5) is 53.2. The lowest BCUT2D eigenvalue weighted by Crippen LogP contribution is -2.19. The number of nitro groups is 1. The summed E-state index contributed by atoms with van der Waals surface area (Å²) in [7, 11) is 2.46. The van der Waals surface area contributed by atoms with Gasteiger partial charge in [-0.05, 0) is 37.3 Å². The van der Waals surface area contributed by atoms with E-state index in [0.717, 1.165) is 0 Å². The Labute approximate surface area is 216 Å². The number of rotatable bonds is 7. The average molecular weight is 514 g/mol. The number of nitrogens with zero attached hydrogens (tertiary/aromatic N) is 3. The van der Waals surface area contributed by atoms with Crippen LogP contribution in [0, 0.1) is 10.1 Å². The van der Waals surface area contributed by atoms with Gasteiger partial charge in [0, 0.05) is 17.7 Å². The number of hydrogen-bond acceptors (Lipinski definition) is 8. The first-order valence-corrected chi connectivity index (χ1v) is 11.3. The van der Waals surface area contributed by atoms with Crippen molar-refractivity contribution >= 4 is 29.0 Å². The summed E-state index contributed by atoms with van der Waals surface area (Å²) >= 11 is 0. The highest BCUT2D eigenvalue weighted by atomic mass is 16.6. The van der Waals surface area contributed by atoms with Gasteiger partial charge in [0.1, 0.15) is 0 Å². The topological polar surface area (TPSA) is 146 Å². The standard InChI is InChI=1S/C27H22N4O7/c1-16(28-22-15-18(26(33)37-2)9-14-21(22)27(34)38-3)23-24(17-7-5-4-6-8-17)29-30(25(23)32)19-10-12-20(13-11-19)31(35)36/h4-15,29H,1-3H3. The Balaban J connectivity index is 1.93. The van der Waals surface area contributed by atoms with Crippen molar-refractivity contribution in [3.05, 3.63) is 110 Å². The van der Waals surface area contributed by atoms with Crippen molar-refractivity contribution in [1.82, 2.24) is 9.78 Å². The molecule has 0 fully saturated rings. The maximum absolute atomic E-state index is 13.7. The number of non-ortho nitro benzene ring substituents is 1. The van der Waals surface area contributed by atoms with Crippen LogP contribution in [0.5, 0.6) is 0 Å². The second kappa shape index (κ2) is 10.7. The number of hydrogen-bond donors (Lipinski definition) is 1. The third-order valence-corrected chi connectivity index (χ3v) is 5.75. The number of aliphatic imine (C=N–C) groups is 1. The molecule has 1 N–H and O–H groups in total. The minimum absolute atomic E-state index is 0.0898. The Kier molecular flexibility index (Phi) is 7.28. The molecule has 0 unspecified atom stereocenters. The molecular formula is C27H22N4O7. The zero-order valence-electron chi connectivity index (χ0n) is 20.6. The van der Waals surface area contributed by atoms with Crippen molar-refractivity contribution in [2.45, 2.75) is 6.92 Å². The van der Waals surface area contributed by atoms with E-state index in [1.165, 1.54) is 61.4 Å². The number of H-pyrrole nitrogens is 1. The molecule has 0 spiro atoms. The molecule has 0 aliphatic heterocycles. The molecule has 0 aliphatic rings. The number of aromatic nitrogens is 2. The largest absolute Gasteiger partial charge is 0.465 e. The van der Waals surface area contributed by atoms with Crippen molar-refractivity contribution < 1.29 is 24.0 Å². The lowest BCUT2D eigenvalue weighted by molar-refractivity contribution is -0.384. The minimum Gasteiger partial charge on any atom is -0.465 e. The van der Waals surface area contributed by atoms with E-state index in [-0.39, 0.29) is 33.8 Å². The molecule has 0 radical (unpaired) electrons. The number of ether oxygens (including phenoxy) is 2. The molecule has 11 heteroatoms. The Bertz CT molecular complexity index is 1620. The zero-order valence-corrected chi connectivity index (χ0v) is 20.6. The quantitative estimate of drug-likeness (QED) is 0.166. The van der Waals surface area contributed by atoms with Gasteiger partial charge in [0.15, 0.2) is 0 Å². The Morgan fingerprint density at radius 1 is 0.947 bits per heavy atom. The van der Waals surface area contributed by atoms with E-state index < -0.39 is 22.4 Å². The van der Waals surface area contributed by atoms with Crippen LogP contribution in [0.2, 0.25) is 0 Å². The van der Waals surface area contributed by atoms with Crippen LogP contribution in [-0.2, 0) is 9.47 Å². The van der Waals surface area contributed by atoms with Crippen LogP contribution in [0.4, 0.5) is 11.4 Å². The van der Waals surface area contributed by atoms with E-state index in [2.05, 4.69) is 10.1 Å². The molecule has 3 aromatic carbocycles. The minimum atomic E-state index is -0.673. The highest BCUT2D eigenvalue weighted by molar-refractivity contribution is 6.07. The predicted molar refractivity (Wildman–Crippen MR) is 139 cm³/mol. The third kappa shape index (κ3) is 4.98. The van der Waals surface area contributed by atoms with Crippen LogP contribution >= 0.6 is 0 Å². The summed E-state index contributed by atoms with van der Waals surface area (Å²) in [6, 6.07) is 18.8. The fourth-order valence-corrected chi connectivity index (χ4v) is 3.88. The van der Waals surface area contributed by atoms with Crippen molar-refractivity contribution in [2.24, 2.45) is 4.99 Å². The molecule has 0 atom stereocenters. The summed E-state index contributed by atoms with van der Waals surface area (Å²) < 4.78 is 10.9. The first-order valence-electron chi connectivity index (χ1n) is 11.3. The van der Waals surface area contributed by atoms with Gasteiger partial charge in [0.05, 0.1) is 58.6 Å². The second-order valence-electron chi connectivity index (χ2n) is 8.05. The molecule has 0 saturated heterocycles. The highest BCUT2D eigenvalue weighted by Gasteiger charge is 2.21. The summed E-state index contributed by atoms with van der Waals surface area (Å²) in [6.07, 6.45) is 0. The van der Waals surface area contributed by atoms with E-state index in [4.69, 9.17) is 9.47 Å². The monoisotopic (exact) mass is 514 g/mol. The Morgan fingerprint density at radius 2 is 1.61 bits per heavy atom. The first-order chi connectivity index (χ1) is 18.2. The molecule has 1 aromatic heterocycles. The van der Waals surface area contributed by atoms with Gasteiger partial charge in [-0.3, -0.25) is 25.0 Å². The fourth-order valence-electron chi connectivity index (χ4n) is 3.88. The van der Waals surface area contributed by atoms with Crippen LogP contribution in [-0.4, -0.2) is 46.6 Å². The second-order valence-corrected chi connectivity index (χ2v) is 8.05.